The molecule has 0 aliphatic carbocycles. The molecule has 2 heterocycles. The number of pyridine rings is 1. The van der Waals surface area contributed by atoms with Crippen molar-refractivity contribution >= 4 is 11.8 Å². The van der Waals surface area contributed by atoms with E-state index in [1.54, 1.807) is 12.1 Å². The van der Waals surface area contributed by atoms with Crippen molar-refractivity contribution in [2.45, 2.75) is 32.8 Å². The lowest BCUT2D eigenvalue weighted by Gasteiger charge is -2.18. The van der Waals surface area contributed by atoms with E-state index in [9.17, 15) is 4.79 Å². The van der Waals surface area contributed by atoms with Gasteiger partial charge in [0, 0.05) is 24.8 Å². The van der Waals surface area contributed by atoms with E-state index in [0.29, 0.717) is 18.3 Å². The number of hydrogen-bond acceptors (Lipinski definition) is 4. The maximum absolute atomic E-state index is 11.1. The van der Waals surface area contributed by atoms with Gasteiger partial charge in [-0.15, -0.1) is 0 Å². The average molecular weight is 264 g/mol. The molecule has 0 saturated carbocycles. The number of carboxylic acid groups (broad SMARTS) is 1. The molecule has 5 nitrogen and oxygen atoms in total. The first kappa shape index (κ1) is 13.8. The maximum atomic E-state index is 11.1. The number of anilines is 1. The summed E-state index contributed by atoms with van der Waals surface area (Å²) in [4.78, 5) is 15.4. The second-order valence-corrected chi connectivity index (χ2v) is 4.90. The van der Waals surface area contributed by atoms with Crippen LogP contribution in [0.25, 0.3) is 0 Å². The fraction of sp³-hybridized carbons (Fsp3) is 0.571. The Morgan fingerprint density at radius 1 is 1.58 bits per heavy atom. The molecule has 2 atom stereocenters. The summed E-state index contributed by atoms with van der Waals surface area (Å²) in [7, 11) is 0. The highest BCUT2D eigenvalue weighted by Crippen LogP contribution is 2.24. The molecule has 1 fully saturated rings. The van der Waals surface area contributed by atoms with Gasteiger partial charge in [-0.1, -0.05) is 6.92 Å². The normalized spacial score (nSPS) is 22.4. The molecular formula is C14H20N2O3. The van der Waals surface area contributed by atoms with E-state index < -0.39 is 5.97 Å². The molecule has 104 valence electrons. The Balaban J connectivity index is 2.06. The van der Waals surface area contributed by atoms with Crippen molar-refractivity contribution in [3.63, 3.8) is 0 Å². The van der Waals surface area contributed by atoms with Crippen molar-refractivity contribution in [2.75, 3.05) is 18.5 Å². The Labute approximate surface area is 113 Å². The van der Waals surface area contributed by atoms with Gasteiger partial charge in [-0.3, -0.25) is 0 Å². The molecule has 1 aliphatic rings. The summed E-state index contributed by atoms with van der Waals surface area (Å²) < 4.78 is 5.63. The van der Waals surface area contributed by atoms with Crippen LogP contribution in [0.2, 0.25) is 0 Å². The second kappa shape index (κ2) is 6.02. The van der Waals surface area contributed by atoms with Crippen molar-refractivity contribution in [3.05, 3.63) is 23.4 Å². The maximum Gasteiger partial charge on any atom is 0.339 e. The van der Waals surface area contributed by atoms with E-state index in [0.717, 1.165) is 25.1 Å². The summed E-state index contributed by atoms with van der Waals surface area (Å²) in [5.74, 6) is -0.0760. The van der Waals surface area contributed by atoms with E-state index in [4.69, 9.17) is 9.84 Å². The van der Waals surface area contributed by atoms with Gasteiger partial charge in [0.1, 0.15) is 11.4 Å². The minimum atomic E-state index is -0.954. The molecule has 5 heteroatoms. The number of aryl methyl sites for hydroxylation is 1. The smallest absolute Gasteiger partial charge is 0.339 e. The Hall–Kier alpha value is -1.62. The summed E-state index contributed by atoms with van der Waals surface area (Å²) in [6.45, 7) is 5.45. The number of aromatic carboxylic acids is 1. The lowest BCUT2D eigenvalue weighted by atomic mass is 9.99. The molecule has 1 aliphatic heterocycles. The zero-order chi connectivity index (χ0) is 13.8. The molecular weight excluding hydrogens is 244 g/mol. The molecule has 2 unspecified atom stereocenters. The molecule has 0 radical (unpaired) electrons. The van der Waals surface area contributed by atoms with Gasteiger partial charge in [0.05, 0.1) is 6.10 Å². The standard InChI is InChI=1S/C14H20N2O3/c1-3-12-10(6-7-19-12)8-15-13-11(14(17)18)5-4-9(2)16-13/h4-5,10,12H,3,6-8H2,1-2H3,(H,15,16)(H,17,18). The van der Waals surface area contributed by atoms with Crippen molar-refractivity contribution in [1.82, 2.24) is 4.98 Å². The topological polar surface area (TPSA) is 71.5 Å². The SMILES string of the molecule is CCC1OCCC1CNc1nc(C)ccc1C(=O)O. The van der Waals surface area contributed by atoms with E-state index in [1.807, 2.05) is 6.92 Å². The predicted octanol–water partition coefficient (Wildman–Crippen LogP) is 2.32. The number of carboxylic acids is 1. The molecule has 0 amide bonds. The van der Waals surface area contributed by atoms with Crippen LogP contribution in [0.3, 0.4) is 0 Å². The second-order valence-electron chi connectivity index (χ2n) is 4.90. The molecule has 0 bridgehead atoms. The molecule has 19 heavy (non-hydrogen) atoms. The third kappa shape index (κ3) is 3.23. The van der Waals surface area contributed by atoms with Crippen LogP contribution in [-0.4, -0.2) is 35.3 Å². The van der Waals surface area contributed by atoms with Crippen LogP contribution in [-0.2, 0) is 4.74 Å². The van der Waals surface area contributed by atoms with E-state index in [1.165, 1.54) is 0 Å². The van der Waals surface area contributed by atoms with Crippen LogP contribution in [0.5, 0.6) is 0 Å². The Morgan fingerprint density at radius 3 is 3.05 bits per heavy atom. The summed E-state index contributed by atoms with van der Waals surface area (Å²) in [5.41, 5.74) is 1.03. The first-order valence-electron chi connectivity index (χ1n) is 6.68. The van der Waals surface area contributed by atoms with Crippen LogP contribution in [0, 0.1) is 12.8 Å². The highest BCUT2D eigenvalue weighted by molar-refractivity contribution is 5.93. The fourth-order valence-electron chi connectivity index (χ4n) is 2.47. The number of nitrogens with one attached hydrogen (secondary N) is 1. The van der Waals surface area contributed by atoms with Crippen LogP contribution >= 0.6 is 0 Å². The molecule has 0 aromatic carbocycles. The van der Waals surface area contributed by atoms with Gasteiger partial charge in [-0.2, -0.15) is 0 Å². The van der Waals surface area contributed by atoms with Gasteiger partial charge in [0.15, 0.2) is 0 Å². The lowest BCUT2D eigenvalue weighted by Crippen LogP contribution is -2.24. The zero-order valence-corrected chi connectivity index (χ0v) is 11.3. The number of carbonyl (C=O) groups is 1. The largest absolute Gasteiger partial charge is 0.478 e. The van der Waals surface area contributed by atoms with Crippen molar-refractivity contribution < 1.29 is 14.6 Å². The first-order chi connectivity index (χ1) is 9.11. The van der Waals surface area contributed by atoms with E-state index in [2.05, 4.69) is 17.2 Å². The van der Waals surface area contributed by atoms with Crippen molar-refractivity contribution in [3.8, 4) is 0 Å². The fourth-order valence-corrected chi connectivity index (χ4v) is 2.47. The summed E-state index contributed by atoms with van der Waals surface area (Å²) in [5, 5.41) is 12.3. The monoisotopic (exact) mass is 264 g/mol. The third-order valence-electron chi connectivity index (χ3n) is 3.55. The number of hydrogen-bond donors (Lipinski definition) is 2. The molecule has 0 spiro atoms. The minimum absolute atomic E-state index is 0.220. The Kier molecular flexibility index (Phi) is 4.37. The zero-order valence-electron chi connectivity index (χ0n) is 11.3. The number of ether oxygens (including phenoxy) is 1. The summed E-state index contributed by atoms with van der Waals surface area (Å²) in [6.07, 6.45) is 2.27. The lowest BCUT2D eigenvalue weighted by molar-refractivity contribution is 0.0697. The number of rotatable bonds is 5. The van der Waals surface area contributed by atoms with Gasteiger partial charge in [0.2, 0.25) is 0 Å². The van der Waals surface area contributed by atoms with Crippen LogP contribution in [0.4, 0.5) is 5.82 Å². The molecule has 1 aromatic heterocycles. The highest BCUT2D eigenvalue weighted by Gasteiger charge is 2.26. The van der Waals surface area contributed by atoms with Crippen LogP contribution < -0.4 is 5.32 Å². The van der Waals surface area contributed by atoms with Gasteiger partial charge in [-0.05, 0) is 31.9 Å². The average Bonchev–Trinajstić information content (AvgIpc) is 2.83. The predicted molar refractivity (Wildman–Crippen MR) is 72.6 cm³/mol. The Bertz CT molecular complexity index is 462. The van der Waals surface area contributed by atoms with Gasteiger partial charge in [-0.25, -0.2) is 9.78 Å². The van der Waals surface area contributed by atoms with Gasteiger partial charge < -0.3 is 15.2 Å². The molecule has 2 rings (SSSR count). The van der Waals surface area contributed by atoms with Gasteiger partial charge in [0.25, 0.3) is 0 Å². The van der Waals surface area contributed by atoms with Crippen LogP contribution in [0.15, 0.2) is 12.1 Å². The molecule has 1 saturated heterocycles. The van der Waals surface area contributed by atoms with E-state index >= 15 is 0 Å². The Morgan fingerprint density at radius 2 is 2.37 bits per heavy atom. The minimum Gasteiger partial charge on any atom is -0.478 e. The summed E-state index contributed by atoms with van der Waals surface area (Å²) in [6, 6.07) is 3.30. The van der Waals surface area contributed by atoms with Crippen molar-refractivity contribution in [2.24, 2.45) is 5.92 Å². The first-order valence-corrected chi connectivity index (χ1v) is 6.68. The third-order valence-corrected chi connectivity index (χ3v) is 3.55. The molecule has 1 aromatic rings. The number of nitrogens with zero attached hydrogens (tertiary/aromatic N) is 1. The molecule has 2 N–H and O–H groups in total. The van der Waals surface area contributed by atoms with Crippen molar-refractivity contribution in [1.29, 1.82) is 0 Å². The van der Waals surface area contributed by atoms with Crippen LogP contribution in [0.1, 0.15) is 35.8 Å². The highest BCUT2D eigenvalue weighted by atomic mass is 16.5. The quantitative estimate of drug-likeness (QED) is 0.854. The van der Waals surface area contributed by atoms with E-state index in [-0.39, 0.29) is 11.7 Å². The van der Waals surface area contributed by atoms with Gasteiger partial charge >= 0.3 is 5.97 Å². The summed E-state index contributed by atoms with van der Waals surface area (Å²) >= 11 is 0. The number of aromatic nitrogens is 1.